The smallest absolute Gasteiger partial charge is 0.126 e. The Hall–Kier alpha value is -1.88. The molecule has 3 rings (SSSR count). The van der Waals surface area contributed by atoms with Crippen molar-refractivity contribution in [3.05, 3.63) is 72.1 Å². The summed E-state index contributed by atoms with van der Waals surface area (Å²) < 4.78 is 7.75. The Morgan fingerprint density at radius 2 is 2.12 bits per heavy atom. The third-order valence-electron chi connectivity index (χ3n) is 5.13. The van der Waals surface area contributed by atoms with Crippen molar-refractivity contribution >= 4 is 0 Å². The fourth-order valence-electron chi connectivity index (χ4n) is 3.49. The molecule has 1 aromatic carbocycles. The minimum Gasteiger partial charge on any atom is -0.385 e. The van der Waals surface area contributed by atoms with Gasteiger partial charge in [-0.25, -0.2) is 0 Å². The SMILES string of the molecule is C=CCOC[C@H](O)C[NH+](Cc1cccn1Cc1ccccc1C)C1CC1. The van der Waals surface area contributed by atoms with Crippen LogP contribution < -0.4 is 4.90 Å². The minimum absolute atomic E-state index is 0.381. The number of aromatic nitrogens is 1. The molecule has 4 heteroatoms. The topological polar surface area (TPSA) is 38.8 Å². The molecule has 140 valence electrons. The van der Waals surface area contributed by atoms with Gasteiger partial charge in [-0.15, -0.1) is 6.58 Å². The van der Waals surface area contributed by atoms with Gasteiger partial charge in [-0.05, 0) is 30.2 Å². The monoisotopic (exact) mass is 355 g/mol. The van der Waals surface area contributed by atoms with Crippen molar-refractivity contribution in [2.24, 2.45) is 0 Å². The predicted molar refractivity (Wildman–Crippen MR) is 104 cm³/mol. The zero-order valence-electron chi connectivity index (χ0n) is 15.7. The van der Waals surface area contributed by atoms with E-state index in [9.17, 15) is 5.11 Å². The van der Waals surface area contributed by atoms with Crippen molar-refractivity contribution in [3.63, 3.8) is 0 Å². The number of nitrogens with zero attached hydrogens (tertiary/aromatic N) is 1. The first kappa shape index (κ1) is 18.9. The Balaban J connectivity index is 1.62. The number of aliphatic hydroxyl groups is 1. The maximum atomic E-state index is 10.3. The third kappa shape index (κ3) is 5.31. The lowest BCUT2D eigenvalue weighted by molar-refractivity contribution is -0.928. The van der Waals surface area contributed by atoms with Crippen LogP contribution in [0.4, 0.5) is 0 Å². The molecule has 2 atom stereocenters. The summed E-state index contributed by atoms with van der Waals surface area (Å²) in [6, 6.07) is 13.6. The van der Waals surface area contributed by atoms with E-state index in [1.807, 2.05) is 0 Å². The Bertz CT molecular complexity index is 706. The summed E-state index contributed by atoms with van der Waals surface area (Å²) in [5, 5.41) is 10.3. The summed E-state index contributed by atoms with van der Waals surface area (Å²) in [5.41, 5.74) is 4.01. The number of aliphatic hydroxyl groups excluding tert-OH is 1. The highest BCUT2D eigenvalue weighted by molar-refractivity contribution is 5.26. The number of rotatable bonds is 11. The molecule has 2 aromatic rings. The van der Waals surface area contributed by atoms with E-state index < -0.39 is 6.10 Å². The average Bonchev–Trinajstić information content (AvgIpc) is 3.39. The summed E-state index contributed by atoms with van der Waals surface area (Å²) in [5.74, 6) is 0. The molecule has 2 N–H and O–H groups in total. The summed E-state index contributed by atoms with van der Waals surface area (Å²) >= 11 is 0. The van der Waals surface area contributed by atoms with Gasteiger partial charge in [-0.3, -0.25) is 0 Å². The van der Waals surface area contributed by atoms with Crippen LogP contribution in [0.2, 0.25) is 0 Å². The van der Waals surface area contributed by atoms with E-state index in [-0.39, 0.29) is 0 Å². The minimum atomic E-state index is -0.426. The fraction of sp³-hybridized carbons (Fsp3) is 0.455. The molecule has 0 aliphatic heterocycles. The second kappa shape index (κ2) is 9.17. The van der Waals surface area contributed by atoms with Crippen LogP contribution in [-0.4, -0.2) is 41.6 Å². The van der Waals surface area contributed by atoms with Gasteiger partial charge >= 0.3 is 0 Å². The van der Waals surface area contributed by atoms with Crippen LogP contribution in [0.3, 0.4) is 0 Å². The molecule has 0 bridgehead atoms. The first-order chi connectivity index (χ1) is 12.7. The number of ether oxygens (including phenoxy) is 1. The lowest BCUT2D eigenvalue weighted by Gasteiger charge is -2.23. The standard InChI is InChI=1S/C22H30N2O2/c1-3-13-26-17-22(25)16-24(20-10-11-20)15-21-9-6-12-23(21)14-19-8-5-4-7-18(19)2/h3-9,12,20,22,25H,1,10-11,13-17H2,2H3/p+1/t22-/m1/s1. The lowest BCUT2D eigenvalue weighted by Crippen LogP contribution is -3.13. The number of quaternary nitrogens is 1. The van der Waals surface area contributed by atoms with Crippen molar-refractivity contribution in [2.75, 3.05) is 19.8 Å². The van der Waals surface area contributed by atoms with Gasteiger partial charge in [-0.2, -0.15) is 0 Å². The number of benzene rings is 1. The van der Waals surface area contributed by atoms with Crippen LogP contribution in [-0.2, 0) is 17.8 Å². The van der Waals surface area contributed by atoms with Gasteiger partial charge in [-0.1, -0.05) is 30.3 Å². The van der Waals surface area contributed by atoms with E-state index in [0.717, 1.165) is 19.6 Å². The summed E-state index contributed by atoms with van der Waals surface area (Å²) in [7, 11) is 0. The van der Waals surface area contributed by atoms with Gasteiger partial charge in [0.2, 0.25) is 0 Å². The molecule has 1 unspecified atom stereocenters. The fourth-order valence-corrected chi connectivity index (χ4v) is 3.49. The third-order valence-corrected chi connectivity index (χ3v) is 5.13. The summed E-state index contributed by atoms with van der Waals surface area (Å²) in [6.07, 6.45) is 5.97. The molecule has 1 aliphatic rings. The number of hydrogen-bond donors (Lipinski definition) is 2. The second-order valence-corrected chi connectivity index (χ2v) is 7.35. The molecule has 1 heterocycles. The van der Waals surface area contributed by atoms with E-state index in [4.69, 9.17) is 4.74 Å². The molecule has 0 radical (unpaired) electrons. The molecule has 1 saturated carbocycles. The van der Waals surface area contributed by atoms with Crippen molar-refractivity contribution in [3.8, 4) is 0 Å². The highest BCUT2D eigenvalue weighted by Gasteiger charge is 2.35. The van der Waals surface area contributed by atoms with Crippen LogP contribution in [0.5, 0.6) is 0 Å². The zero-order chi connectivity index (χ0) is 18.4. The lowest BCUT2D eigenvalue weighted by atomic mass is 10.1. The van der Waals surface area contributed by atoms with Crippen LogP contribution in [0.15, 0.2) is 55.3 Å². The normalized spacial score (nSPS) is 16.4. The Morgan fingerprint density at radius 3 is 2.85 bits per heavy atom. The Labute approximate surface area is 156 Å². The van der Waals surface area contributed by atoms with Crippen LogP contribution >= 0.6 is 0 Å². The van der Waals surface area contributed by atoms with Gasteiger partial charge < -0.3 is 19.3 Å². The molecule has 1 fully saturated rings. The van der Waals surface area contributed by atoms with Crippen LogP contribution in [0.25, 0.3) is 0 Å². The van der Waals surface area contributed by atoms with Gasteiger partial charge in [0.05, 0.1) is 24.9 Å². The molecule has 1 aliphatic carbocycles. The number of nitrogens with one attached hydrogen (secondary N) is 1. The quantitative estimate of drug-likeness (QED) is 0.478. The predicted octanol–water partition coefficient (Wildman–Crippen LogP) is 1.96. The second-order valence-electron chi connectivity index (χ2n) is 7.35. The van der Waals surface area contributed by atoms with E-state index in [1.165, 1.54) is 34.6 Å². The molecule has 0 spiro atoms. The van der Waals surface area contributed by atoms with Crippen molar-refractivity contribution in [1.29, 1.82) is 0 Å². The molecule has 0 saturated heterocycles. The van der Waals surface area contributed by atoms with E-state index in [1.54, 1.807) is 6.08 Å². The molecule has 26 heavy (non-hydrogen) atoms. The first-order valence-corrected chi connectivity index (χ1v) is 9.57. The average molecular weight is 356 g/mol. The van der Waals surface area contributed by atoms with Gasteiger partial charge in [0.15, 0.2) is 0 Å². The number of aryl methyl sites for hydroxylation is 1. The van der Waals surface area contributed by atoms with Gasteiger partial charge in [0, 0.05) is 25.6 Å². The van der Waals surface area contributed by atoms with Crippen molar-refractivity contribution in [2.45, 2.75) is 45.0 Å². The number of hydrogen-bond acceptors (Lipinski definition) is 2. The molecule has 0 amide bonds. The molecule has 1 aromatic heterocycles. The van der Waals surface area contributed by atoms with E-state index in [2.05, 4.69) is 60.7 Å². The van der Waals surface area contributed by atoms with E-state index >= 15 is 0 Å². The Morgan fingerprint density at radius 1 is 1.31 bits per heavy atom. The van der Waals surface area contributed by atoms with Crippen molar-refractivity contribution in [1.82, 2.24) is 4.57 Å². The molecular formula is C22H31N2O2+. The molecular weight excluding hydrogens is 324 g/mol. The molecule has 4 nitrogen and oxygen atoms in total. The maximum Gasteiger partial charge on any atom is 0.126 e. The van der Waals surface area contributed by atoms with Gasteiger partial charge in [0.1, 0.15) is 19.2 Å². The summed E-state index contributed by atoms with van der Waals surface area (Å²) in [6.45, 7) is 9.27. The highest BCUT2D eigenvalue weighted by atomic mass is 16.5. The van der Waals surface area contributed by atoms with E-state index in [0.29, 0.717) is 19.3 Å². The summed E-state index contributed by atoms with van der Waals surface area (Å²) in [4.78, 5) is 1.46. The van der Waals surface area contributed by atoms with Crippen molar-refractivity contribution < 1.29 is 14.7 Å². The largest absolute Gasteiger partial charge is 0.385 e. The first-order valence-electron chi connectivity index (χ1n) is 9.57. The maximum absolute atomic E-state index is 10.3. The van der Waals surface area contributed by atoms with Crippen LogP contribution in [0, 0.1) is 6.92 Å². The highest BCUT2D eigenvalue weighted by Crippen LogP contribution is 2.17. The zero-order valence-corrected chi connectivity index (χ0v) is 15.7. The van der Waals surface area contributed by atoms with Gasteiger partial charge in [0.25, 0.3) is 0 Å². The Kier molecular flexibility index (Phi) is 6.67. The van der Waals surface area contributed by atoms with Crippen LogP contribution in [0.1, 0.15) is 29.7 Å².